The first kappa shape index (κ1) is 9.23. The van der Waals surface area contributed by atoms with Gasteiger partial charge in [0, 0.05) is 30.3 Å². The number of hydrogen-bond acceptors (Lipinski definition) is 2. The van der Waals surface area contributed by atoms with Crippen LogP contribution in [-0.4, -0.2) is 15.8 Å². The fourth-order valence-corrected chi connectivity index (χ4v) is 3.35. The molecule has 2 aliphatic heterocycles. The van der Waals surface area contributed by atoms with Gasteiger partial charge in [-0.05, 0) is 38.5 Å². The molecular formula is C13H19N3. The minimum absolute atomic E-state index is 0.605. The fraction of sp³-hybridized carbons (Fsp3) is 0.769. The van der Waals surface area contributed by atoms with Crippen LogP contribution in [0.5, 0.6) is 0 Å². The van der Waals surface area contributed by atoms with E-state index in [1.807, 2.05) is 0 Å². The van der Waals surface area contributed by atoms with E-state index in [9.17, 15) is 0 Å². The summed E-state index contributed by atoms with van der Waals surface area (Å²) in [5.41, 5.74) is 2.86. The average Bonchev–Trinajstić information content (AvgIpc) is 2.93. The molecule has 16 heavy (non-hydrogen) atoms. The smallest absolute Gasteiger partial charge is 0.0688 e. The van der Waals surface area contributed by atoms with Crippen molar-refractivity contribution in [2.45, 2.75) is 57.2 Å². The summed E-state index contributed by atoms with van der Waals surface area (Å²) in [5.74, 6) is 0.895. The van der Waals surface area contributed by atoms with Gasteiger partial charge >= 0.3 is 0 Å². The van der Waals surface area contributed by atoms with Gasteiger partial charge in [-0.1, -0.05) is 0 Å². The molecule has 3 heterocycles. The third-order valence-corrected chi connectivity index (χ3v) is 4.62. The Kier molecular flexibility index (Phi) is 1.79. The first-order valence-corrected chi connectivity index (χ1v) is 6.65. The molecule has 3 nitrogen and oxygen atoms in total. The fourth-order valence-electron chi connectivity index (χ4n) is 3.35. The Labute approximate surface area is 96.2 Å². The second kappa shape index (κ2) is 3.10. The number of nitrogens with zero attached hydrogens (tertiary/aromatic N) is 2. The SMILES string of the molecule is C[C@@H](C1CC1)n1cc2c(n1)C[C@H]1CC[C@@H]2N1. The van der Waals surface area contributed by atoms with Crippen LogP contribution < -0.4 is 5.32 Å². The Morgan fingerprint density at radius 3 is 3.06 bits per heavy atom. The van der Waals surface area contributed by atoms with E-state index in [2.05, 4.69) is 23.1 Å². The molecule has 0 amide bonds. The highest BCUT2D eigenvalue weighted by Gasteiger charge is 2.36. The summed E-state index contributed by atoms with van der Waals surface area (Å²) in [7, 11) is 0. The summed E-state index contributed by atoms with van der Waals surface area (Å²) in [6.45, 7) is 2.32. The van der Waals surface area contributed by atoms with Crippen molar-refractivity contribution < 1.29 is 0 Å². The maximum Gasteiger partial charge on any atom is 0.0688 e. The number of nitrogens with one attached hydrogen (secondary N) is 1. The molecule has 1 aromatic heterocycles. The van der Waals surface area contributed by atoms with Crippen molar-refractivity contribution in [3.8, 4) is 0 Å². The largest absolute Gasteiger partial charge is 0.307 e. The molecule has 3 aliphatic rings. The topological polar surface area (TPSA) is 29.9 Å². The average molecular weight is 217 g/mol. The van der Waals surface area contributed by atoms with Crippen molar-refractivity contribution in [2.24, 2.45) is 5.92 Å². The lowest BCUT2D eigenvalue weighted by Crippen LogP contribution is -2.31. The maximum absolute atomic E-state index is 4.83. The van der Waals surface area contributed by atoms with Crippen LogP contribution in [0.2, 0.25) is 0 Å². The van der Waals surface area contributed by atoms with Gasteiger partial charge in [0.25, 0.3) is 0 Å². The Balaban J connectivity index is 1.69. The van der Waals surface area contributed by atoms with Crippen LogP contribution >= 0.6 is 0 Å². The number of fused-ring (bicyclic) bond motifs is 4. The van der Waals surface area contributed by atoms with Gasteiger partial charge < -0.3 is 5.32 Å². The van der Waals surface area contributed by atoms with Crippen LogP contribution in [0.15, 0.2) is 6.20 Å². The molecule has 2 bridgehead atoms. The lowest BCUT2D eigenvalue weighted by atomic mass is 10.0. The van der Waals surface area contributed by atoms with E-state index in [0.717, 1.165) is 12.3 Å². The molecule has 2 fully saturated rings. The number of aromatic nitrogens is 2. The van der Waals surface area contributed by atoms with Gasteiger partial charge in [0.2, 0.25) is 0 Å². The van der Waals surface area contributed by atoms with Gasteiger partial charge in [-0.15, -0.1) is 0 Å². The van der Waals surface area contributed by atoms with Crippen LogP contribution in [-0.2, 0) is 6.42 Å². The van der Waals surface area contributed by atoms with Crippen molar-refractivity contribution in [1.29, 1.82) is 0 Å². The molecule has 4 rings (SSSR count). The zero-order valence-corrected chi connectivity index (χ0v) is 9.82. The summed E-state index contributed by atoms with van der Waals surface area (Å²) < 4.78 is 2.24. The van der Waals surface area contributed by atoms with Gasteiger partial charge in [0.05, 0.1) is 11.7 Å². The molecule has 3 atom stereocenters. The van der Waals surface area contributed by atoms with Crippen LogP contribution in [0.4, 0.5) is 0 Å². The summed E-state index contributed by atoms with van der Waals surface area (Å²) >= 11 is 0. The highest BCUT2D eigenvalue weighted by molar-refractivity contribution is 5.28. The van der Waals surface area contributed by atoms with Gasteiger partial charge in [-0.2, -0.15) is 5.10 Å². The van der Waals surface area contributed by atoms with E-state index in [0.29, 0.717) is 18.1 Å². The quantitative estimate of drug-likeness (QED) is 0.823. The highest BCUT2D eigenvalue weighted by atomic mass is 15.3. The molecular weight excluding hydrogens is 198 g/mol. The molecule has 0 aromatic carbocycles. The van der Waals surface area contributed by atoms with Crippen LogP contribution in [0.3, 0.4) is 0 Å². The Bertz CT molecular complexity index is 419. The third-order valence-electron chi connectivity index (χ3n) is 4.62. The first-order chi connectivity index (χ1) is 7.81. The summed E-state index contributed by atoms with van der Waals surface area (Å²) in [4.78, 5) is 0. The van der Waals surface area contributed by atoms with Crippen molar-refractivity contribution in [2.75, 3.05) is 0 Å². The van der Waals surface area contributed by atoms with Crippen molar-refractivity contribution in [1.82, 2.24) is 15.1 Å². The van der Waals surface area contributed by atoms with Gasteiger partial charge in [0.15, 0.2) is 0 Å². The standard InChI is InChI=1S/C13H19N3/c1-8(9-2-3-9)16-7-11-12-5-4-10(14-12)6-13(11)15-16/h7-10,12,14H,2-6H2,1H3/t8-,10+,12-/m0/s1. The molecule has 1 saturated carbocycles. The molecule has 3 heteroatoms. The summed E-state index contributed by atoms with van der Waals surface area (Å²) in [5, 5.41) is 8.52. The molecule has 86 valence electrons. The molecule has 0 unspecified atom stereocenters. The predicted octanol–water partition coefficient (Wildman–Crippen LogP) is 2.20. The van der Waals surface area contributed by atoms with Crippen LogP contribution in [0.1, 0.15) is 55.9 Å². The van der Waals surface area contributed by atoms with E-state index < -0.39 is 0 Å². The normalized spacial score (nSPS) is 33.8. The predicted molar refractivity (Wildman–Crippen MR) is 62.3 cm³/mol. The Hall–Kier alpha value is -0.830. The summed E-state index contributed by atoms with van der Waals surface area (Å²) in [6.07, 6.45) is 8.90. The Morgan fingerprint density at radius 2 is 2.25 bits per heavy atom. The first-order valence-electron chi connectivity index (χ1n) is 6.65. The zero-order valence-electron chi connectivity index (χ0n) is 9.82. The molecule has 1 aliphatic carbocycles. The molecule has 1 saturated heterocycles. The molecule has 1 N–H and O–H groups in total. The minimum Gasteiger partial charge on any atom is -0.307 e. The van der Waals surface area contributed by atoms with Crippen molar-refractivity contribution in [3.05, 3.63) is 17.5 Å². The molecule has 0 radical (unpaired) electrons. The second-order valence-electron chi connectivity index (χ2n) is 5.79. The van der Waals surface area contributed by atoms with Crippen molar-refractivity contribution in [3.63, 3.8) is 0 Å². The van der Waals surface area contributed by atoms with Gasteiger partial charge in [0.1, 0.15) is 0 Å². The second-order valence-corrected chi connectivity index (χ2v) is 5.79. The van der Waals surface area contributed by atoms with E-state index in [1.54, 1.807) is 0 Å². The number of rotatable bonds is 2. The highest BCUT2D eigenvalue weighted by Crippen LogP contribution is 2.41. The van der Waals surface area contributed by atoms with E-state index in [4.69, 9.17) is 5.10 Å². The van der Waals surface area contributed by atoms with Crippen LogP contribution in [0, 0.1) is 5.92 Å². The third kappa shape index (κ3) is 1.27. The minimum atomic E-state index is 0.605. The summed E-state index contributed by atoms with van der Waals surface area (Å²) in [6, 6.07) is 1.93. The lowest BCUT2D eigenvalue weighted by Gasteiger charge is -2.19. The van der Waals surface area contributed by atoms with Gasteiger partial charge in [-0.25, -0.2) is 0 Å². The van der Waals surface area contributed by atoms with Crippen LogP contribution in [0.25, 0.3) is 0 Å². The maximum atomic E-state index is 4.83. The lowest BCUT2D eigenvalue weighted by molar-refractivity contribution is 0.434. The Morgan fingerprint density at radius 1 is 1.38 bits per heavy atom. The van der Waals surface area contributed by atoms with Gasteiger partial charge in [-0.3, -0.25) is 4.68 Å². The number of hydrogen-bond donors (Lipinski definition) is 1. The van der Waals surface area contributed by atoms with E-state index >= 15 is 0 Å². The van der Waals surface area contributed by atoms with E-state index in [1.165, 1.54) is 36.9 Å². The molecule has 1 aromatic rings. The molecule has 0 spiro atoms. The van der Waals surface area contributed by atoms with E-state index in [-0.39, 0.29) is 0 Å². The monoisotopic (exact) mass is 217 g/mol. The zero-order chi connectivity index (χ0) is 10.7. The van der Waals surface area contributed by atoms with Crippen molar-refractivity contribution >= 4 is 0 Å².